The fourth-order valence-electron chi connectivity index (χ4n) is 4.33. The largest absolute Gasteiger partial charge is 0.444 e. The van der Waals surface area contributed by atoms with E-state index in [0.717, 1.165) is 11.1 Å². The van der Waals surface area contributed by atoms with Crippen molar-refractivity contribution in [1.29, 1.82) is 0 Å². The molecule has 0 bridgehead atoms. The van der Waals surface area contributed by atoms with Gasteiger partial charge in [0.25, 0.3) is 0 Å². The van der Waals surface area contributed by atoms with Crippen LogP contribution in [-0.2, 0) is 41.6 Å². The van der Waals surface area contributed by atoms with Crippen LogP contribution < -0.4 is 32.3 Å². The lowest BCUT2D eigenvalue weighted by Crippen LogP contribution is -2.55. The number of ether oxygens (including phenoxy) is 1. The molecule has 0 spiro atoms. The molecule has 2 rings (SSSR count). The van der Waals surface area contributed by atoms with Gasteiger partial charge in [-0.15, -0.1) is 0 Å². The molecule has 6 amide bonds. The van der Waals surface area contributed by atoms with E-state index in [2.05, 4.69) is 26.6 Å². The second kappa shape index (κ2) is 18.1. The summed E-state index contributed by atoms with van der Waals surface area (Å²) in [6.45, 7) is 7.92. The Morgan fingerprint density at radius 1 is 0.674 bits per heavy atom. The minimum Gasteiger partial charge on any atom is -0.444 e. The standard InChI is InChI=1S/C33H46N6O7/c1-21(2)16-25(39-32(45)46-33(3,4)5)30(43)36-19-27(40)35-20-28(41)37-26(18-23-14-10-7-11-15-23)31(44)38-24(29(34)42)17-22-12-8-6-9-13-22/h6-15,21,24-26H,16-20H2,1-5H3,(H2,34,42)(H,35,40)(H,36,43)(H,37,41)(H,38,44)(H,39,45)/t24-,25-,26-/m0/s1. The predicted octanol–water partition coefficient (Wildman–Crippen LogP) is 1.10. The lowest BCUT2D eigenvalue weighted by molar-refractivity contribution is -0.131. The molecule has 0 aliphatic rings. The number of benzene rings is 2. The second-order valence-corrected chi connectivity index (χ2v) is 12.3. The van der Waals surface area contributed by atoms with Crippen molar-refractivity contribution >= 4 is 35.6 Å². The van der Waals surface area contributed by atoms with Gasteiger partial charge in [-0.05, 0) is 44.2 Å². The highest BCUT2D eigenvalue weighted by Crippen LogP contribution is 2.10. The van der Waals surface area contributed by atoms with Gasteiger partial charge in [0, 0.05) is 12.8 Å². The number of primary amides is 1. The first-order valence-electron chi connectivity index (χ1n) is 15.1. The molecule has 0 radical (unpaired) electrons. The van der Waals surface area contributed by atoms with Crippen molar-refractivity contribution in [1.82, 2.24) is 26.6 Å². The molecule has 0 unspecified atom stereocenters. The highest BCUT2D eigenvalue weighted by atomic mass is 16.6. The number of carbonyl (C=O) groups excluding carboxylic acids is 6. The zero-order valence-corrected chi connectivity index (χ0v) is 27.1. The van der Waals surface area contributed by atoms with Crippen molar-refractivity contribution in [2.24, 2.45) is 11.7 Å². The summed E-state index contributed by atoms with van der Waals surface area (Å²) in [6, 6.07) is 15.0. The smallest absolute Gasteiger partial charge is 0.408 e. The quantitative estimate of drug-likeness (QED) is 0.158. The molecule has 46 heavy (non-hydrogen) atoms. The normalized spacial score (nSPS) is 13.0. The van der Waals surface area contributed by atoms with E-state index >= 15 is 0 Å². The number of alkyl carbamates (subject to hydrolysis) is 1. The van der Waals surface area contributed by atoms with Crippen LogP contribution in [-0.4, -0.2) is 72.4 Å². The molecule has 2 aromatic carbocycles. The van der Waals surface area contributed by atoms with E-state index in [4.69, 9.17) is 10.5 Å². The maximum atomic E-state index is 13.3. The minimum atomic E-state index is -1.08. The van der Waals surface area contributed by atoms with Crippen molar-refractivity contribution < 1.29 is 33.5 Å². The summed E-state index contributed by atoms with van der Waals surface area (Å²) in [5.74, 6) is -3.21. The molecule has 13 nitrogen and oxygen atoms in total. The maximum absolute atomic E-state index is 13.3. The third-order valence-corrected chi connectivity index (χ3v) is 6.46. The lowest BCUT2D eigenvalue weighted by atomic mass is 10.0. The SMILES string of the molecule is CC(C)C[C@H](NC(=O)OC(C)(C)C)C(=O)NCC(=O)NCC(=O)N[C@@H](Cc1ccccc1)C(=O)N[C@@H](Cc1ccccc1)C(N)=O. The Hall–Kier alpha value is -4.94. The zero-order valence-electron chi connectivity index (χ0n) is 27.1. The average molecular weight is 639 g/mol. The van der Waals surface area contributed by atoms with Crippen LogP contribution in [0, 0.1) is 5.92 Å². The van der Waals surface area contributed by atoms with Crippen LogP contribution in [0.1, 0.15) is 52.2 Å². The van der Waals surface area contributed by atoms with Crippen molar-refractivity contribution in [3.63, 3.8) is 0 Å². The molecule has 3 atom stereocenters. The molecule has 0 aliphatic carbocycles. The van der Waals surface area contributed by atoms with E-state index in [1.807, 2.05) is 26.0 Å². The van der Waals surface area contributed by atoms with Crippen molar-refractivity contribution in [2.75, 3.05) is 13.1 Å². The fourth-order valence-corrected chi connectivity index (χ4v) is 4.33. The molecule has 0 saturated heterocycles. The Morgan fingerprint density at radius 3 is 1.70 bits per heavy atom. The topological polar surface area (TPSA) is 198 Å². The Labute approximate surface area is 269 Å². The molecule has 2 aromatic rings. The Morgan fingerprint density at radius 2 is 1.20 bits per heavy atom. The van der Waals surface area contributed by atoms with E-state index in [-0.39, 0.29) is 18.8 Å². The van der Waals surface area contributed by atoms with Crippen LogP contribution in [0.25, 0.3) is 0 Å². The highest BCUT2D eigenvalue weighted by Gasteiger charge is 2.27. The molecule has 7 N–H and O–H groups in total. The number of hydrogen-bond donors (Lipinski definition) is 6. The fraction of sp³-hybridized carbons (Fsp3) is 0.455. The van der Waals surface area contributed by atoms with Gasteiger partial charge < -0.3 is 37.1 Å². The van der Waals surface area contributed by atoms with E-state index in [9.17, 15) is 28.8 Å². The van der Waals surface area contributed by atoms with Gasteiger partial charge >= 0.3 is 6.09 Å². The van der Waals surface area contributed by atoms with Crippen molar-refractivity contribution in [2.45, 2.75) is 77.6 Å². The number of rotatable bonds is 16. The van der Waals surface area contributed by atoms with Crippen LogP contribution in [0.5, 0.6) is 0 Å². The maximum Gasteiger partial charge on any atom is 0.408 e. The number of amides is 6. The Bertz CT molecular complexity index is 1330. The van der Waals surface area contributed by atoms with E-state index in [1.54, 1.807) is 69.3 Å². The Balaban J connectivity index is 1.98. The van der Waals surface area contributed by atoms with E-state index in [1.165, 1.54) is 0 Å². The van der Waals surface area contributed by atoms with Crippen LogP contribution in [0.2, 0.25) is 0 Å². The first-order chi connectivity index (χ1) is 21.6. The first-order valence-corrected chi connectivity index (χ1v) is 15.1. The van der Waals surface area contributed by atoms with Gasteiger partial charge in [0.05, 0.1) is 13.1 Å². The van der Waals surface area contributed by atoms with Gasteiger partial charge in [-0.3, -0.25) is 24.0 Å². The Kier molecular flexibility index (Phi) is 14.7. The molecule has 0 fully saturated rings. The average Bonchev–Trinajstić information content (AvgIpc) is 2.97. The third-order valence-electron chi connectivity index (χ3n) is 6.46. The van der Waals surface area contributed by atoms with Gasteiger partial charge in [0.2, 0.25) is 29.5 Å². The van der Waals surface area contributed by atoms with E-state index < -0.39 is 72.4 Å². The molecule has 0 heterocycles. The van der Waals surface area contributed by atoms with Gasteiger partial charge in [0.15, 0.2) is 0 Å². The second-order valence-electron chi connectivity index (χ2n) is 12.3. The summed E-state index contributed by atoms with van der Waals surface area (Å²) in [5, 5.41) is 12.6. The van der Waals surface area contributed by atoms with Gasteiger partial charge in [-0.1, -0.05) is 74.5 Å². The molecule has 0 aliphatic heterocycles. The van der Waals surface area contributed by atoms with Crippen molar-refractivity contribution in [3.8, 4) is 0 Å². The lowest BCUT2D eigenvalue weighted by Gasteiger charge is -2.24. The number of carbonyl (C=O) groups is 6. The highest BCUT2D eigenvalue weighted by molar-refractivity contribution is 5.94. The van der Waals surface area contributed by atoms with Gasteiger partial charge in [0.1, 0.15) is 23.7 Å². The number of nitrogens with two attached hydrogens (primary N) is 1. The summed E-state index contributed by atoms with van der Waals surface area (Å²) in [4.78, 5) is 75.7. The van der Waals surface area contributed by atoms with Gasteiger partial charge in [-0.25, -0.2) is 4.79 Å². The van der Waals surface area contributed by atoms with Crippen molar-refractivity contribution in [3.05, 3.63) is 71.8 Å². The molecule has 0 saturated carbocycles. The minimum absolute atomic E-state index is 0.0563. The van der Waals surface area contributed by atoms with E-state index in [0.29, 0.717) is 6.42 Å². The molecular weight excluding hydrogens is 592 g/mol. The summed E-state index contributed by atoms with van der Waals surface area (Å²) in [6.07, 6.45) is -0.171. The summed E-state index contributed by atoms with van der Waals surface area (Å²) in [5.41, 5.74) is 6.35. The molecular formula is C33H46N6O7. The van der Waals surface area contributed by atoms with Crippen LogP contribution in [0.15, 0.2) is 60.7 Å². The summed E-state index contributed by atoms with van der Waals surface area (Å²) >= 11 is 0. The van der Waals surface area contributed by atoms with Crippen LogP contribution in [0.4, 0.5) is 4.79 Å². The molecule has 13 heteroatoms. The van der Waals surface area contributed by atoms with Crippen LogP contribution in [0.3, 0.4) is 0 Å². The third kappa shape index (κ3) is 14.7. The van der Waals surface area contributed by atoms with Crippen LogP contribution >= 0.6 is 0 Å². The molecule has 0 aromatic heterocycles. The number of nitrogens with one attached hydrogen (secondary N) is 5. The summed E-state index contributed by atoms with van der Waals surface area (Å²) < 4.78 is 5.23. The first kappa shape index (κ1) is 37.2. The number of hydrogen-bond acceptors (Lipinski definition) is 7. The summed E-state index contributed by atoms with van der Waals surface area (Å²) in [7, 11) is 0. The van der Waals surface area contributed by atoms with Gasteiger partial charge in [-0.2, -0.15) is 0 Å². The molecule has 250 valence electrons. The zero-order chi connectivity index (χ0) is 34.3. The predicted molar refractivity (Wildman–Crippen MR) is 172 cm³/mol. The monoisotopic (exact) mass is 638 g/mol.